The number of nitrogens with one attached hydrogen (secondary N) is 1. The summed E-state index contributed by atoms with van der Waals surface area (Å²) in [6.07, 6.45) is -4.54. The number of hydrogen-bond donors (Lipinski definition) is 3. The van der Waals surface area contributed by atoms with Gasteiger partial charge in [-0.25, -0.2) is 0 Å². The molecule has 0 aliphatic rings. The molecule has 1 atom stereocenters. The summed E-state index contributed by atoms with van der Waals surface area (Å²) in [6.45, 7) is 1.37. The maximum atomic E-state index is 12.4. The van der Waals surface area contributed by atoms with Gasteiger partial charge < -0.3 is 16.2 Å². The van der Waals surface area contributed by atoms with Gasteiger partial charge >= 0.3 is 6.18 Å². The van der Waals surface area contributed by atoms with Crippen molar-refractivity contribution in [2.24, 2.45) is 5.73 Å². The van der Waals surface area contributed by atoms with Gasteiger partial charge in [0.05, 0.1) is 17.3 Å². The number of nitrogens with two attached hydrogens (primary N) is 1. The summed E-state index contributed by atoms with van der Waals surface area (Å²) in [7, 11) is 0. The summed E-state index contributed by atoms with van der Waals surface area (Å²) in [6, 6.07) is 1.34. The number of aromatic hydroxyl groups is 1. The summed E-state index contributed by atoms with van der Waals surface area (Å²) >= 11 is 0. The van der Waals surface area contributed by atoms with E-state index < -0.39 is 29.4 Å². The lowest BCUT2D eigenvalue weighted by Gasteiger charge is -2.12. The van der Waals surface area contributed by atoms with Gasteiger partial charge in [-0.15, -0.1) is 0 Å². The van der Waals surface area contributed by atoms with E-state index in [2.05, 4.69) is 5.32 Å². The molecule has 1 aromatic rings. The van der Waals surface area contributed by atoms with E-state index in [1.54, 1.807) is 0 Å². The number of carbonyl (C=O) groups is 1. The molecule has 4 N–H and O–H groups in total. The quantitative estimate of drug-likeness (QED) is 0.697. The molecular weight excluding hydrogens is 237 g/mol. The van der Waals surface area contributed by atoms with Gasteiger partial charge in [-0.1, -0.05) is 0 Å². The van der Waals surface area contributed by atoms with Gasteiger partial charge in [-0.05, 0) is 25.1 Å². The van der Waals surface area contributed by atoms with Crippen molar-refractivity contribution in [3.63, 3.8) is 0 Å². The monoisotopic (exact) mass is 248 g/mol. The van der Waals surface area contributed by atoms with E-state index in [9.17, 15) is 23.1 Å². The molecule has 1 aromatic carbocycles. The standard InChI is InChI=1S/C10H11F3N2O2/c1-5(14)9(17)15-7-4-6(10(11,12)13)2-3-8(7)16/h2-5,16H,14H2,1H3,(H,15,17). The molecule has 0 heterocycles. The molecule has 4 nitrogen and oxygen atoms in total. The van der Waals surface area contributed by atoms with E-state index in [-0.39, 0.29) is 5.69 Å². The minimum Gasteiger partial charge on any atom is -0.506 e. The first-order valence-electron chi connectivity index (χ1n) is 4.68. The normalized spacial score (nSPS) is 13.2. The van der Waals surface area contributed by atoms with Crippen LogP contribution in [0.15, 0.2) is 18.2 Å². The molecule has 94 valence electrons. The Labute approximate surface area is 95.2 Å². The van der Waals surface area contributed by atoms with Gasteiger partial charge in [0.1, 0.15) is 5.75 Å². The molecule has 0 aromatic heterocycles. The molecule has 0 fully saturated rings. The fourth-order valence-electron chi connectivity index (χ4n) is 1.06. The molecule has 1 unspecified atom stereocenters. The second-order valence-corrected chi connectivity index (χ2v) is 3.51. The third kappa shape index (κ3) is 3.35. The van der Waals surface area contributed by atoms with Crippen molar-refractivity contribution in [1.82, 2.24) is 0 Å². The largest absolute Gasteiger partial charge is 0.506 e. The lowest BCUT2D eigenvalue weighted by Crippen LogP contribution is -2.32. The first-order chi connectivity index (χ1) is 7.71. The molecule has 0 radical (unpaired) electrons. The molecule has 0 aliphatic heterocycles. The van der Waals surface area contributed by atoms with Gasteiger partial charge in [0.2, 0.25) is 5.91 Å². The molecule has 0 bridgehead atoms. The third-order valence-corrected chi connectivity index (χ3v) is 2.00. The predicted octanol–water partition coefficient (Wildman–Crippen LogP) is 1.70. The van der Waals surface area contributed by atoms with Crippen LogP contribution in [-0.4, -0.2) is 17.1 Å². The molecule has 17 heavy (non-hydrogen) atoms. The van der Waals surface area contributed by atoms with Gasteiger partial charge in [-0.2, -0.15) is 13.2 Å². The van der Waals surface area contributed by atoms with Crippen LogP contribution in [0.5, 0.6) is 5.75 Å². The summed E-state index contributed by atoms with van der Waals surface area (Å²) in [5.41, 5.74) is 3.96. The Bertz CT molecular complexity index is 430. The zero-order valence-corrected chi connectivity index (χ0v) is 8.88. The number of benzene rings is 1. The Balaban J connectivity index is 3.03. The molecule has 1 rings (SSSR count). The number of alkyl halides is 3. The van der Waals surface area contributed by atoms with E-state index in [0.717, 1.165) is 12.1 Å². The Morgan fingerprint density at radius 1 is 1.47 bits per heavy atom. The van der Waals surface area contributed by atoms with E-state index in [1.165, 1.54) is 6.92 Å². The fourth-order valence-corrected chi connectivity index (χ4v) is 1.06. The zero-order chi connectivity index (χ0) is 13.2. The molecule has 1 amide bonds. The summed E-state index contributed by atoms with van der Waals surface area (Å²) < 4.78 is 37.1. The first kappa shape index (κ1) is 13.3. The lowest BCUT2D eigenvalue weighted by atomic mass is 10.1. The molecule has 0 spiro atoms. The topological polar surface area (TPSA) is 75.4 Å². The average Bonchev–Trinajstić information content (AvgIpc) is 2.19. The number of phenols is 1. The Morgan fingerprint density at radius 2 is 2.06 bits per heavy atom. The van der Waals surface area contributed by atoms with Gasteiger partial charge in [0.15, 0.2) is 0 Å². The zero-order valence-electron chi connectivity index (χ0n) is 8.88. The number of phenolic OH excluding ortho intramolecular Hbond substituents is 1. The highest BCUT2D eigenvalue weighted by atomic mass is 19.4. The van der Waals surface area contributed by atoms with Crippen LogP contribution in [0.4, 0.5) is 18.9 Å². The second-order valence-electron chi connectivity index (χ2n) is 3.51. The lowest BCUT2D eigenvalue weighted by molar-refractivity contribution is -0.137. The van der Waals surface area contributed by atoms with Crippen LogP contribution in [0.1, 0.15) is 12.5 Å². The van der Waals surface area contributed by atoms with Crippen molar-refractivity contribution < 1.29 is 23.1 Å². The van der Waals surface area contributed by atoms with Crippen molar-refractivity contribution in [2.45, 2.75) is 19.1 Å². The predicted molar refractivity (Wildman–Crippen MR) is 55.4 cm³/mol. The van der Waals surface area contributed by atoms with Crippen molar-refractivity contribution in [3.8, 4) is 5.75 Å². The molecule has 0 saturated carbocycles. The highest BCUT2D eigenvalue weighted by Crippen LogP contribution is 2.34. The molecular formula is C10H11F3N2O2. The van der Waals surface area contributed by atoms with Crippen LogP contribution in [0.25, 0.3) is 0 Å². The minimum absolute atomic E-state index is 0.317. The van der Waals surface area contributed by atoms with E-state index in [0.29, 0.717) is 6.07 Å². The third-order valence-electron chi connectivity index (χ3n) is 2.00. The molecule has 0 saturated heterocycles. The second kappa shape index (κ2) is 4.62. The summed E-state index contributed by atoms with van der Waals surface area (Å²) in [5.74, 6) is -1.13. The van der Waals surface area contributed by atoms with Gasteiger partial charge in [0.25, 0.3) is 0 Å². The summed E-state index contributed by atoms with van der Waals surface area (Å²) in [5, 5.41) is 11.4. The Hall–Kier alpha value is -1.76. The number of rotatable bonds is 2. The SMILES string of the molecule is CC(N)C(=O)Nc1cc(C(F)(F)F)ccc1O. The number of carbonyl (C=O) groups excluding carboxylic acids is 1. The maximum Gasteiger partial charge on any atom is 0.416 e. The highest BCUT2D eigenvalue weighted by molar-refractivity contribution is 5.95. The van der Waals surface area contributed by atoms with Crippen molar-refractivity contribution in [3.05, 3.63) is 23.8 Å². The Kier molecular flexibility index (Phi) is 3.62. The molecule has 0 aliphatic carbocycles. The fraction of sp³-hybridized carbons (Fsp3) is 0.300. The van der Waals surface area contributed by atoms with E-state index >= 15 is 0 Å². The van der Waals surface area contributed by atoms with Crippen LogP contribution in [-0.2, 0) is 11.0 Å². The van der Waals surface area contributed by atoms with Crippen molar-refractivity contribution in [2.75, 3.05) is 5.32 Å². The van der Waals surface area contributed by atoms with Gasteiger partial charge in [0, 0.05) is 0 Å². The van der Waals surface area contributed by atoms with Crippen molar-refractivity contribution >= 4 is 11.6 Å². The van der Waals surface area contributed by atoms with E-state index in [4.69, 9.17) is 5.73 Å². The van der Waals surface area contributed by atoms with Crippen LogP contribution in [0.3, 0.4) is 0 Å². The molecule has 7 heteroatoms. The van der Waals surface area contributed by atoms with Crippen LogP contribution in [0.2, 0.25) is 0 Å². The van der Waals surface area contributed by atoms with Crippen LogP contribution < -0.4 is 11.1 Å². The van der Waals surface area contributed by atoms with Crippen LogP contribution in [0, 0.1) is 0 Å². The minimum atomic E-state index is -4.54. The van der Waals surface area contributed by atoms with Crippen LogP contribution >= 0.6 is 0 Å². The highest BCUT2D eigenvalue weighted by Gasteiger charge is 2.31. The van der Waals surface area contributed by atoms with E-state index in [1.807, 2.05) is 0 Å². The number of halogens is 3. The number of hydrogen-bond acceptors (Lipinski definition) is 3. The smallest absolute Gasteiger partial charge is 0.416 e. The number of amides is 1. The summed E-state index contributed by atoms with van der Waals surface area (Å²) in [4.78, 5) is 11.2. The first-order valence-corrected chi connectivity index (χ1v) is 4.68. The van der Waals surface area contributed by atoms with Gasteiger partial charge in [-0.3, -0.25) is 4.79 Å². The Morgan fingerprint density at radius 3 is 2.53 bits per heavy atom. The van der Waals surface area contributed by atoms with Crippen molar-refractivity contribution in [1.29, 1.82) is 0 Å². The maximum absolute atomic E-state index is 12.4. The number of anilines is 1. The average molecular weight is 248 g/mol.